The van der Waals surface area contributed by atoms with Gasteiger partial charge in [0.15, 0.2) is 0 Å². The number of methoxy groups -OCH3 is 2. The third-order valence-electron chi connectivity index (χ3n) is 2.74. The summed E-state index contributed by atoms with van der Waals surface area (Å²) in [6.45, 7) is 1.89. The molecule has 0 bridgehead atoms. The summed E-state index contributed by atoms with van der Waals surface area (Å²) >= 11 is 0. The van der Waals surface area contributed by atoms with Crippen LogP contribution in [0.2, 0.25) is 0 Å². The number of ether oxygens (including phenoxy) is 2. The number of hydrogen-bond acceptors (Lipinski definition) is 5. The van der Waals surface area contributed by atoms with Crippen molar-refractivity contribution >= 4 is 5.82 Å². The molecule has 5 nitrogen and oxygen atoms in total. The molecule has 94 valence electrons. The SMILES string of the molecule is COc1ccc(-c2c(C)ncnc2N)c(OC)c1. The molecule has 2 rings (SSSR count). The fraction of sp³-hybridized carbons (Fsp3) is 0.231. The second kappa shape index (κ2) is 4.91. The number of nitrogens with two attached hydrogens (primary N) is 1. The standard InChI is InChI=1S/C13H15N3O2/c1-8-12(13(14)16-7-15-8)10-5-4-9(17-2)6-11(10)18-3/h4-7H,1-3H3,(H2,14,15,16). The van der Waals surface area contributed by atoms with Crippen LogP contribution >= 0.6 is 0 Å². The molecule has 0 unspecified atom stereocenters. The van der Waals surface area contributed by atoms with Crippen LogP contribution in [0.4, 0.5) is 5.82 Å². The first-order chi connectivity index (χ1) is 8.67. The maximum absolute atomic E-state index is 5.91. The minimum Gasteiger partial charge on any atom is -0.497 e. The lowest BCUT2D eigenvalue weighted by molar-refractivity contribution is 0.395. The van der Waals surface area contributed by atoms with Crippen molar-refractivity contribution in [1.82, 2.24) is 9.97 Å². The average molecular weight is 245 g/mol. The van der Waals surface area contributed by atoms with Gasteiger partial charge in [-0.3, -0.25) is 0 Å². The first-order valence-corrected chi connectivity index (χ1v) is 5.47. The van der Waals surface area contributed by atoms with Gasteiger partial charge in [0.2, 0.25) is 0 Å². The molecule has 2 N–H and O–H groups in total. The number of nitrogen functional groups attached to an aromatic ring is 1. The second-order valence-corrected chi connectivity index (χ2v) is 3.79. The Morgan fingerprint density at radius 1 is 1.11 bits per heavy atom. The summed E-state index contributed by atoms with van der Waals surface area (Å²) < 4.78 is 10.5. The lowest BCUT2D eigenvalue weighted by Gasteiger charge is -2.13. The molecule has 0 amide bonds. The van der Waals surface area contributed by atoms with Crippen molar-refractivity contribution in [2.75, 3.05) is 20.0 Å². The van der Waals surface area contributed by atoms with E-state index in [1.165, 1.54) is 6.33 Å². The third kappa shape index (κ3) is 2.07. The Morgan fingerprint density at radius 2 is 1.89 bits per heavy atom. The van der Waals surface area contributed by atoms with Crippen LogP contribution in [0.5, 0.6) is 11.5 Å². The number of hydrogen-bond donors (Lipinski definition) is 1. The molecule has 0 aliphatic heterocycles. The van der Waals surface area contributed by atoms with E-state index in [-0.39, 0.29) is 0 Å². The van der Waals surface area contributed by atoms with Crippen molar-refractivity contribution < 1.29 is 9.47 Å². The molecule has 0 aliphatic rings. The fourth-order valence-corrected chi connectivity index (χ4v) is 1.83. The Labute approximate surface area is 106 Å². The van der Waals surface area contributed by atoms with Crippen molar-refractivity contribution in [3.05, 3.63) is 30.2 Å². The van der Waals surface area contributed by atoms with Crippen LogP contribution in [0, 0.1) is 6.92 Å². The van der Waals surface area contributed by atoms with E-state index in [0.29, 0.717) is 11.6 Å². The molecular weight excluding hydrogens is 230 g/mol. The molecular formula is C13H15N3O2. The predicted octanol–water partition coefficient (Wildman–Crippen LogP) is 2.05. The van der Waals surface area contributed by atoms with Gasteiger partial charge in [0, 0.05) is 17.2 Å². The van der Waals surface area contributed by atoms with E-state index in [2.05, 4.69) is 9.97 Å². The highest BCUT2D eigenvalue weighted by molar-refractivity contribution is 5.80. The van der Waals surface area contributed by atoms with E-state index >= 15 is 0 Å². The van der Waals surface area contributed by atoms with Gasteiger partial charge in [-0.25, -0.2) is 9.97 Å². The normalized spacial score (nSPS) is 10.2. The molecule has 18 heavy (non-hydrogen) atoms. The van der Waals surface area contributed by atoms with E-state index in [9.17, 15) is 0 Å². The average Bonchev–Trinajstić information content (AvgIpc) is 2.38. The monoisotopic (exact) mass is 245 g/mol. The number of aromatic nitrogens is 2. The number of nitrogens with zero attached hydrogens (tertiary/aromatic N) is 2. The molecule has 0 fully saturated rings. The summed E-state index contributed by atoms with van der Waals surface area (Å²) in [7, 11) is 3.22. The van der Waals surface area contributed by atoms with Crippen LogP contribution in [0.1, 0.15) is 5.69 Å². The van der Waals surface area contributed by atoms with Crippen molar-refractivity contribution in [3.63, 3.8) is 0 Å². The molecule has 0 saturated heterocycles. The highest BCUT2D eigenvalue weighted by atomic mass is 16.5. The van der Waals surface area contributed by atoms with Crippen LogP contribution in [0.15, 0.2) is 24.5 Å². The van der Waals surface area contributed by atoms with E-state index in [1.54, 1.807) is 20.3 Å². The maximum atomic E-state index is 5.91. The summed E-state index contributed by atoms with van der Waals surface area (Å²) in [5, 5.41) is 0. The zero-order chi connectivity index (χ0) is 13.1. The summed E-state index contributed by atoms with van der Waals surface area (Å²) in [4.78, 5) is 8.17. The Bertz CT molecular complexity index is 550. The number of rotatable bonds is 3. The van der Waals surface area contributed by atoms with E-state index in [1.807, 2.05) is 19.1 Å². The summed E-state index contributed by atoms with van der Waals surface area (Å²) in [6, 6.07) is 5.55. The molecule has 0 aliphatic carbocycles. The van der Waals surface area contributed by atoms with E-state index < -0.39 is 0 Å². The minimum atomic E-state index is 0.436. The van der Waals surface area contributed by atoms with Gasteiger partial charge in [-0.15, -0.1) is 0 Å². The topological polar surface area (TPSA) is 70.3 Å². The van der Waals surface area contributed by atoms with Gasteiger partial charge in [0.05, 0.1) is 19.9 Å². The molecule has 1 aromatic carbocycles. The minimum absolute atomic E-state index is 0.436. The Kier molecular flexibility index (Phi) is 3.32. The molecule has 0 spiro atoms. The largest absolute Gasteiger partial charge is 0.497 e. The molecule has 1 heterocycles. The zero-order valence-electron chi connectivity index (χ0n) is 10.6. The summed E-state index contributed by atoms with van der Waals surface area (Å²) in [5.41, 5.74) is 8.37. The quantitative estimate of drug-likeness (QED) is 0.896. The first kappa shape index (κ1) is 12.2. The van der Waals surface area contributed by atoms with Crippen molar-refractivity contribution in [3.8, 4) is 22.6 Å². The van der Waals surface area contributed by atoms with Crippen LogP contribution in [0.25, 0.3) is 11.1 Å². The molecule has 0 radical (unpaired) electrons. The maximum Gasteiger partial charge on any atom is 0.135 e. The molecule has 1 aromatic heterocycles. The molecule has 2 aromatic rings. The third-order valence-corrected chi connectivity index (χ3v) is 2.74. The van der Waals surface area contributed by atoms with Gasteiger partial charge in [0.1, 0.15) is 23.6 Å². The van der Waals surface area contributed by atoms with Gasteiger partial charge in [-0.1, -0.05) is 0 Å². The van der Waals surface area contributed by atoms with Gasteiger partial charge >= 0.3 is 0 Å². The fourth-order valence-electron chi connectivity index (χ4n) is 1.83. The lowest BCUT2D eigenvalue weighted by atomic mass is 10.0. The second-order valence-electron chi connectivity index (χ2n) is 3.79. The molecule has 0 atom stereocenters. The predicted molar refractivity (Wildman–Crippen MR) is 69.7 cm³/mol. The zero-order valence-corrected chi connectivity index (χ0v) is 10.6. The van der Waals surface area contributed by atoms with E-state index in [4.69, 9.17) is 15.2 Å². The number of anilines is 1. The van der Waals surface area contributed by atoms with E-state index in [0.717, 1.165) is 22.6 Å². The Morgan fingerprint density at radius 3 is 2.50 bits per heavy atom. The highest BCUT2D eigenvalue weighted by Gasteiger charge is 2.14. The van der Waals surface area contributed by atoms with Crippen molar-refractivity contribution in [2.45, 2.75) is 6.92 Å². The first-order valence-electron chi connectivity index (χ1n) is 5.47. The molecule has 0 saturated carbocycles. The van der Waals surface area contributed by atoms with Gasteiger partial charge in [0.25, 0.3) is 0 Å². The number of aryl methyl sites for hydroxylation is 1. The summed E-state index contributed by atoms with van der Waals surface area (Å²) in [5.74, 6) is 1.84. The van der Waals surface area contributed by atoms with Crippen LogP contribution in [-0.4, -0.2) is 24.2 Å². The van der Waals surface area contributed by atoms with Crippen LogP contribution in [-0.2, 0) is 0 Å². The highest BCUT2D eigenvalue weighted by Crippen LogP contribution is 2.36. The smallest absolute Gasteiger partial charge is 0.135 e. The van der Waals surface area contributed by atoms with Crippen LogP contribution < -0.4 is 15.2 Å². The Hall–Kier alpha value is -2.30. The Balaban J connectivity index is 2.63. The van der Waals surface area contributed by atoms with Crippen molar-refractivity contribution in [2.24, 2.45) is 0 Å². The molecule has 5 heteroatoms. The lowest BCUT2D eigenvalue weighted by Crippen LogP contribution is -2.00. The van der Waals surface area contributed by atoms with Gasteiger partial charge in [-0.2, -0.15) is 0 Å². The summed E-state index contributed by atoms with van der Waals surface area (Å²) in [6.07, 6.45) is 1.45. The van der Waals surface area contributed by atoms with Gasteiger partial charge in [-0.05, 0) is 19.1 Å². The van der Waals surface area contributed by atoms with Crippen LogP contribution in [0.3, 0.4) is 0 Å². The number of benzene rings is 1. The van der Waals surface area contributed by atoms with Gasteiger partial charge < -0.3 is 15.2 Å². The van der Waals surface area contributed by atoms with Crippen molar-refractivity contribution in [1.29, 1.82) is 0 Å².